The van der Waals surface area contributed by atoms with Crippen molar-refractivity contribution in [1.29, 1.82) is 0 Å². The van der Waals surface area contributed by atoms with Gasteiger partial charge in [-0.1, -0.05) is 19.4 Å². The summed E-state index contributed by atoms with van der Waals surface area (Å²) in [5.74, 6) is -0.277. The van der Waals surface area contributed by atoms with Crippen molar-refractivity contribution in [2.75, 3.05) is 6.54 Å². The molecule has 1 amide bonds. The molecule has 0 radical (unpaired) electrons. The van der Waals surface area contributed by atoms with E-state index in [0.29, 0.717) is 19.5 Å². The lowest BCUT2D eigenvalue weighted by Crippen LogP contribution is -2.30. The number of rotatable bonds is 7. The van der Waals surface area contributed by atoms with E-state index >= 15 is 0 Å². The highest BCUT2D eigenvalue weighted by molar-refractivity contribution is 5.91. The average Bonchev–Trinajstić information content (AvgIpc) is 2.55. The summed E-state index contributed by atoms with van der Waals surface area (Å²) in [5.41, 5.74) is 0.999. The van der Waals surface area contributed by atoms with Crippen LogP contribution in [-0.2, 0) is 13.0 Å². The van der Waals surface area contributed by atoms with Gasteiger partial charge in [-0.05, 0) is 24.6 Å². The second kappa shape index (κ2) is 8.07. The standard InChI is InChI=1S/C16H20N4O2/c1-2-3-12-20-15(21)8-7-14(19-20)16(22)18-11-9-13-6-4-5-10-17-13/h4-8,10H,2-3,9,11-12H2,1H3,(H,18,22). The zero-order chi connectivity index (χ0) is 15.8. The molecule has 1 N–H and O–H groups in total. The van der Waals surface area contributed by atoms with Crippen LogP contribution in [0.2, 0.25) is 0 Å². The Labute approximate surface area is 129 Å². The van der Waals surface area contributed by atoms with Gasteiger partial charge >= 0.3 is 0 Å². The topological polar surface area (TPSA) is 76.9 Å². The van der Waals surface area contributed by atoms with Crippen molar-refractivity contribution in [3.05, 3.63) is 58.3 Å². The zero-order valence-corrected chi connectivity index (χ0v) is 12.7. The predicted molar refractivity (Wildman–Crippen MR) is 83.7 cm³/mol. The van der Waals surface area contributed by atoms with Gasteiger partial charge in [0.15, 0.2) is 0 Å². The first-order valence-electron chi connectivity index (χ1n) is 7.47. The molecule has 0 aliphatic heterocycles. The van der Waals surface area contributed by atoms with Crippen molar-refractivity contribution in [2.45, 2.75) is 32.7 Å². The number of pyridine rings is 1. The molecule has 0 bridgehead atoms. The van der Waals surface area contributed by atoms with Gasteiger partial charge < -0.3 is 5.32 Å². The maximum Gasteiger partial charge on any atom is 0.271 e. The Morgan fingerprint density at radius 1 is 1.27 bits per heavy atom. The monoisotopic (exact) mass is 300 g/mol. The number of unbranched alkanes of at least 4 members (excludes halogenated alkanes) is 1. The van der Waals surface area contributed by atoms with Gasteiger partial charge in [0, 0.05) is 37.5 Å². The van der Waals surface area contributed by atoms with Gasteiger partial charge in [0.1, 0.15) is 5.69 Å². The molecule has 0 fully saturated rings. The van der Waals surface area contributed by atoms with Crippen LogP contribution in [0.1, 0.15) is 35.9 Å². The molecule has 2 heterocycles. The minimum atomic E-state index is -0.277. The Morgan fingerprint density at radius 3 is 2.86 bits per heavy atom. The first-order valence-corrected chi connectivity index (χ1v) is 7.47. The van der Waals surface area contributed by atoms with Gasteiger partial charge in [0.25, 0.3) is 11.5 Å². The molecule has 0 saturated carbocycles. The average molecular weight is 300 g/mol. The Bertz CT molecular complexity index is 667. The first-order chi connectivity index (χ1) is 10.7. The van der Waals surface area contributed by atoms with Gasteiger partial charge in [-0.25, -0.2) is 4.68 Å². The number of aromatic nitrogens is 3. The number of amides is 1. The van der Waals surface area contributed by atoms with Crippen LogP contribution in [-0.4, -0.2) is 27.2 Å². The molecule has 0 aromatic carbocycles. The lowest BCUT2D eigenvalue weighted by molar-refractivity contribution is 0.0946. The summed E-state index contributed by atoms with van der Waals surface area (Å²) in [7, 11) is 0. The van der Waals surface area contributed by atoms with Crippen molar-refractivity contribution in [1.82, 2.24) is 20.1 Å². The molecule has 0 aliphatic rings. The van der Waals surface area contributed by atoms with Crippen LogP contribution in [0, 0.1) is 0 Å². The highest BCUT2D eigenvalue weighted by Crippen LogP contribution is 1.96. The van der Waals surface area contributed by atoms with Gasteiger partial charge in [0.05, 0.1) is 0 Å². The van der Waals surface area contributed by atoms with E-state index in [1.54, 1.807) is 6.20 Å². The van der Waals surface area contributed by atoms with Crippen molar-refractivity contribution in [2.24, 2.45) is 0 Å². The number of aryl methyl sites for hydroxylation is 1. The number of hydrogen-bond donors (Lipinski definition) is 1. The van der Waals surface area contributed by atoms with E-state index in [0.717, 1.165) is 18.5 Å². The summed E-state index contributed by atoms with van der Waals surface area (Å²) >= 11 is 0. The molecule has 2 rings (SSSR count). The van der Waals surface area contributed by atoms with Gasteiger partial charge in [-0.3, -0.25) is 14.6 Å². The lowest BCUT2D eigenvalue weighted by atomic mass is 10.2. The van der Waals surface area contributed by atoms with E-state index in [-0.39, 0.29) is 17.2 Å². The maximum atomic E-state index is 12.1. The predicted octanol–water partition coefficient (Wildman–Crippen LogP) is 1.41. The summed E-state index contributed by atoms with van der Waals surface area (Å²) in [5, 5.41) is 6.91. The molecular formula is C16H20N4O2. The van der Waals surface area contributed by atoms with Gasteiger partial charge in [0.2, 0.25) is 0 Å². The van der Waals surface area contributed by atoms with Crippen LogP contribution in [0.5, 0.6) is 0 Å². The Kier molecular flexibility index (Phi) is 5.82. The van der Waals surface area contributed by atoms with Crippen molar-refractivity contribution < 1.29 is 4.79 Å². The number of carbonyl (C=O) groups excluding carboxylic acids is 1. The second-order valence-corrected chi connectivity index (χ2v) is 4.96. The molecule has 116 valence electrons. The number of carbonyl (C=O) groups is 1. The third kappa shape index (κ3) is 4.51. The third-order valence-electron chi connectivity index (χ3n) is 3.22. The Balaban J connectivity index is 1.93. The summed E-state index contributed by atoms with van der Waals surface area (Å²) in [6.45, 7) is 3.05. The van der Waals surface area contributed by atoms with Crippen molar-refractivity contribution >= 4 is 5.91 Å². The minimum absolute atomic E-state index is 0.182. The highest BCUT2D eigenvalue weighted by Gasteiger charge is 2.09. The minimum Gasteiger partial charge on any atom is -0.350 e. The summed E-state index contributed by atoms with van der Waals surface area (Å²) in [6, 6.07) is 8.52. The molecule has 22 heavy (non-hydrogen) atoms. The van der Waals surface area contributed by atoms with E-state index in [1.165, 1.54) is 16.8 Å². The van der Waals surface area contributed by atoms with Crippen molar-refractivity contribution in [3.63, 3.8) is 0 Å². The number of hydrogen-bond acceptors (Lipinski definition) is 4. The normalized spacial score (nSPS) is 10.4. The molecule has 6 heteroatoms. The molecule has 0 atom stereocenters. The molecule has 0 aliphatic carbocycles. The van der Waals surface area contributed by atoms with E-state index < -0.39 is 0 Å². The van der Waals surface area contributed by atoms with Crippen LogP contribution in [0.4, 0.5) is 0 Å². The van der Waals surface area contributed by atoms with Crippen LogP contribution in [0.25, 0.3) is 0 Å². The molecular weight excluding hydrogens is 280 g/mol. The number of nitrogens with zero attached hydrogens (tertiary/aromatic N) is 3. The SMILES string of the molecule is CCCCn1nc(C(=O)NCCc2ccccn2)ccc1=O. The first kappa shape index (κ1) is 15.9. The largest absolute Gasteiger partial charge is 0.350 e. The molecule has 0 unspecified atom stereocenters. The van der Waals surface area contributed by atoms with Crippen LogP contribution in [0.3, 0.4) is 0 Å². The van der Waals surface area contributed by atoms with Crippen LogP contribution in [0.15, 0.2) is 41.3 Å². The maximum absolute atomic E-state index is 12.1. The van der Waals surface area contributed by atoms with E-state index in [1.807, 2.05) is 25.1 Å². The molecule has 2 aromatic heterocycles. The zero-order valence-electron chi connectivity index (χ0n) is 12.7. The molecule has 0 saturated heterocycles. The van der Waals surface area contributed by atoms with Crippen LogP contribution < -0.4 is 10.9 Å². The van der Waals surface area contributed by atoms with Gasteiger partial charge in [-0.2, -0.15) is 5.10 Å². The van der Waals surface area contributed by atoms with Crippen LogP contribution >= 0.6 is 0 Å². The quantitative estimate of drug-likeness (QED) is 0.838. The fourth-order valence-corrected chi connectivity index (χ4v) is 1.98. The van der Waals surface area contributed by atoms with E-state index in [4.69, 9.17) is 0 Å². The third-order valence-corrected chi connectivity index (χ3v) is 3.22. The molecule has 0 spiro atoms. The fourth-order valence-electron chi connectivity index (χ4n) is 1.98. The Hall–Kier alpha value is -2.50. The molecule has 2 aromatic rings. The lowest BCUT2D eigenvalue weighted by Gasteiger charge is -2.07. The van der Waals surface area contributed by atoms with E-state index in [2.05, 4.69) is 15.4 Å². The summed E-state index contributed by atoms with van der Waals surface area (Å²) in [4.78, 5) is 27.9. The number of nitrogens with one attached hydrogen (secondary N) is 1. The fraction of sp³-hybridized carbons (Fsp3) is 0.375. The van der Waals surface area contributed by atoms with Crippen molar-refractivity contribution in [3.8, 4) is 0 Å². The van der Waals surface area contributed by atoms with E-state index in [9.17, 15) is 9.59 Å². The molecule has 6 nitrogen and oxygen atoms in total. The summed E-state index contributed by atoms with van der Waals surface area (Å²) in [6.07, 6.45) is 4.21. The smallest absolute Gasteiger partial charge is 0.271 e. The second-order valence-electron chi connectivity index (χ2n) is 4.96. The highest BCUT2D eigenvalue weighted by atomic mass is 16.2. The summed E-state index contributed by atoms with van der Waals surface area (Å²) < 4.78 is 1.34. The Morgan fingerprint density at radius 2 is 2.14 bits per heavy atom. The van der Waals surface area contributed by atoms with Gasteiger partial charge in [-0.15, -0.1) is 0 Å².